The van der Waals surface area contributed by atoms with Crippen LogP contribution in [0, 0.1) is 0 Å². The first-order chi connectivity index (χ1) is 10.7. The van der Waals surface area contributed by atoms with E-state index >= 15 is 0 Å². The summed E-state index contributed by atoms with van der Waals surface area (Å²) in [5, 5.41) is 6.04. The number of nitrogens with one attached hydrogen (secondary N) is 3. The lowest BCUT2D eigenvalue weighted by molar-refractivity contribution is 0.255. The Morgan fingerprint density at radius 1 is 1.23 bits per heavy atom. The molecule has 2 aromatic carbocycles. The van der Waals surface area contributed by atoms with Crippen LogP contribution < -0.4 is 10.6 Å². The van der Waals surface area contributed by atoms with E-state index in [1.807, 2.05) is 30.3 Å². The lowest BCUT2D eigenvalue weighted by atomic mass is 10.2. The summed E-state index contributed by atoms with van der Waals surface area (Å²) in [5.74, 6) is 0. The SMILES string of the molecule is O=C(N/C=C/c1cccc(Cl)c1)Nc1ccc2nc[nH]c2c1. The number of carbonyl (C=O) groups is 1. The fourth-order valence-corrected chi connectivity index (χ4v) is 2.20. The number of imidazole rings is 1. The molecule has 2 amide bonds. The normalized spacial score (nSPS) is 11.0. The summed E-state index contributed by atoms with van der Waals surface area (Å²) >= 11 is 5.89. The maximum atomic E-state index is 11.8. The van der Waals surface area contributed by atoms with Crippen LogP contribution in [0.4, 0.5) is 10.5 Å². The second-order valence-electron chi connectivity index (χ2n) is 4.62. The predicted molar refractivity (Wildman–Crippen MR) is 88.7 cm³/mol. The molecule has 0 saturated heterocycles. The van der Waals surface area contributed by atoms with Crippen LogP contribution in [-0.2, 0) is 0 Å². The van der Waals surface area contributed by atoms with Gasteiger partial charge in [-0.3, -0.25) is 0 Å². The molecular weight excluding hydrogens is 300 g/mol. The van der Waals surface area contributed by atoms with Crippen molar-refractivity contribution in [2.75, 3.05) is 5.32 Å². The van der Waals surface area contributed by atoms with Crippen LogP contribution in [0.1, 0.15) is 5.56 Å². The standard InChI is InChI=1S/C16H13ClN4O/c17-12-3-1-2-11(8-12)6-7-18-16(22)21-13-4-5-14-15(9-13)20-10-19-14/h1-10H,(H,19,20)(H2,18,21,22)/b7-6+. The van der Waals surface area contributed by atoms with Gasteiger partial charge >= 0.3 is 6.03 Å². The Morgan fingerprint density at radius 2 is 2.14 bits per heavy atom. The third-order valence-corrected chi connectivity index (χ3v) is 3.25. The van der Waals surface area contributed by atoms with Crippen LogP contribution in [0.3, 0.4) is 0 Å². The molecule has 110 valence electrons. The summed E-state index contributed by atoms with van der Waals surface area (Å²) in [5.41, 5.74) is 3.32. The third-order valence-electron chi connectivity index (χ3n) is 3.02. The molecule has 0 spiro atoms. The number of anilines is 1. The van der Waals surface area contributed by atoms with Crippen LogP contribution in [0.25, 0.3) is 17.1 Å². The predicted octanol–water partition coefficient (Wildman–Crippen LogP) is 4.01. The summed E-state index contributed by atoms with van der Waals surface area (Å²) in [4.78, 5) is 18.9. The Bertz CT molecular complexity index is 841. The van der Waals surface area contributed by atoms with Crippen LogP contribution in [-0.4, -0.2) is 16.0 Å². The maximum absolute atomic E-state index is 11.8. The number of rotatable bonds is 3. The van der Waals surface area contributed by atoms with Crippen molar-refractivity contribution in [3.63, 3.8) is 0 Å². The van der Waals surface area contributed by atoms with E-state index in [0.717, 1.165) is 16.6 Å². The first kappa shape index (κ1) is 14.2. The second kappa shape index (κ2) is 6.32. The van der Waals surface area contributed by atoms with Gasteiger partial charge < -0.3 is 15.6 Å². The third kappa shape index (κ3) is 3.45. The molecule has 0 fully saturated rings. The van der Waals surface area contributed by atoms with Crippen LogP contribution >= 0.6 is 11.6 Å². The van der Waals surface area contributed by atoms with Crippen LogP contribution in [0.15, 0.2) is 55.0 Å². The average Bonchev–Trinajstić information content (AvgIpc) is 2.95. The first-order valence-electron chi connectivity index (χ1n) is 6.63. The Labute approximate surface area is 132 Å². The number of aromatic amines is 1. The number of hydrogen-bond donors (Lipinski definition) is 3. The van der Waals surface area contributed by atoms with E-state index in [-0.39, 0.29) is 6.03 Å². The quantitative estimate of drug-likeness (QED) is 0.684. The van der Waals surface area contributed by atoms with Crippen molar-refractivity contribution in [3.8, 4) is 0 Å². The molecule has 0 atom stereocenters. The molecule has 3 N–H and O–H groups in total. The van der Waals surface area contributed by atoms with E-state index in [4.69, 9.17) is 11.6 Å². The van der Waals surface area contributed by atoms with Crippen molar-refractivity contribution in [2.24, 2.45) is 0 Å². The zero-order valence-corrected chi connectivity index (χ0v) is 12.3. The zero-order valence-electron chi connectivity index (χ0n) is 11.5. The molecule has 0 unspecified atom stereocenters. The summed E-state index contributed by atoms with van der Waals surface area (Å²) < 4.78 is 0. The minimum Gasteiger partial charge on any atom is -0.345 e. The molecule has 0 aliphatic carbocycles. The minimum atomic E-state index is -0.322. The van der Waals surface area contributed by atoms with Crippen molar-refractivity contribution < 1.29 is 4.79 Å². The lowest BCUT2D eigenvalue weighted by Crippen LogP contribution is -2.23. The van der Waals surface area contributed by atoms with E-state index < -0.39 is 0 Å². The molecule has 0 bridgehead atoms. The summed E-state index contributed by atoms with van der Waals surface area (Å²) in [6.07, 6.45) is 4.95. The van der Waals surface area contributed by atoms with Gasteiger partial charge in [-0.2, -0.15) is 0 Å². The van der Waals surface area contributed by atoms with Gasteiger partial charge in [0.05, 0.1) is 17.4 Å². The Hall–Kier alpha value is -2.79. The van der Waals surface area contributed by atoms with Gasteiger partial charge in [-0.15, -0.1) is 0 Å². The number of urea groups is 1. The Morgan fingerprint density at radius 3 is 3.00 bits per heavy atom. The van der Waals surface area contributed by atoms with Crippen molar-refractivity contribution in [1.82, 2.24) is 15.3 Å². The van der Waals surface area contributed by atoms with Crippen LogP contribution in [0.5, 0.6) is 0 Å². The molecular formula is C16H13ClN4O. The largest absolute Gasteiger partial charge is 0.345 e. The molecule has 22 heavy (non-hydrogen) atoms. The van der Waals surface area contributed by atoms with E-state index in [9.17, 15) is 4.79 Å². The molecule has 0 saturated carbocycles. The van der Waals surface area contributed by atoms with Crippen molar-refractivity contribution in [1.29, 1.82) is 0 Å². The highest BCUT2D eigenvalue weighted by Crippen LogP contribution is 2.15. The number of fused-ring (bicyclic) bond motifs is 1. The number of aromatic nitrogens is 2. The Kier molecular flexibility index (Phi) is 4.07. The van der Waals surface area contributed by atoms with Crippen molar-refractivity contribution >= 4 is 40.4 Å². The second-order valence-corrected chi connectivity index (χ2v) is 5.06. The highest BCUT2D eigenvalue weighted by Gasteiger charge is 2.01. The maximum Gasteiger partial charge on any atom is 0.323 e. The first-order valence-corrected chi connectivity index (χ1v) is 7.01. The topological polar surface area (TPSA) is 69.8 Å². The average molecular weight is 313 g/mol. The number of nitrogens with zero attached hydrogens (tertiary/aromatic N) is 1. The van der Waals surface area contributed by atoms with Gasteiger partial charge in [0.15, 0.2) is 0 Å². The van der Waals surface area contributed by atoms with E-state index in [1.54, 1.807) is 30.7 Å². The molecule has 6 heteroatoms. The fraction of sp³-hybridized carbons (Fsp3) is 0. The number of carbonyl (C=O) groups excluding carboxylic acids is 1. The van der Waals surface area contributed by atoms with Gasteiger partial charge in [0, 0.05) is 16.9 Å². The monoisotopic (exact) mass is 312 g/mol. The molecule has 3 aromatic rings. The lowest BCUT2D eigenvalue weighted by Gasteiger charge is -2.04. The number of halogens is 1. The highest BCUT2D eigenvalue weighted by atomic mass is 35.5. The minimum absolute atomic E-state index is 0.322. The number of hydrogen-bond acceptors (Lipinski definition) is 2. The molecule has 0 aliphatic rings. The molecule has 1 heterocycles. The molecule has 0 radical (unpaired) electrons. The van der Waals surface area contributed by atoms with Gasteiger partial charge in [0.2, 0.25) is 0 Å². The van der Waals surface area contributed by atoms with Crippen LogP contribution in [0.2, 0.25) is 5.02 Å². The highest BCUT2D eigenvalue weighted by molar-refractivity contribution is 6.30. The molecule has 3 rings (SSSR count). The number of H-pyrrole nitrogens is 1. The van der Waals surface area contributed by atoms with Gasteiger partial charge in [0.25, 0.3) is 0 Å². The molecule has 1 aromatic heterocycles. The number of benzene rings is 2. The van der Waals surface area contributed by atoms with Gasteiger partial charge in [-0.25, -0.2) is 9.78 Å². The molecule has 0 aliphatic heterocycles. The fourth-order valence-electron chi connectivity index (χ4n) is 2.00. The van der Waals surface area contributed by atoms with E-state index in [1.165, 1.54) is 0 Å². The Balaban J connectivity index is 1.60. The van der Waals surface area contributed by atoms with Gasteiger partial charge in [0.1, 0.15) is 0 Å². The number of amides is 2. The van der Waals surface area contributed by atoms with E-state index in [0.29, 0.717) is 10.7 Å². The summed E-state index contributed by atoms with van der Waals surface area (Å²) in [7, 11) is 0. The summed E-state index contributed by atoms with van der Waals surface area (Å²) in [6.45, 7) is 0. The van der Waals surface area contributed by atoms with E-state index in [2.05, 4.69) is 20.6 Å². The van der Waals surface area contributed by atoms with Crippen molar-refractivity contribution in [3.05, 3.63) is 65.6 Å². The smallest absolute Gasteiger partial charge is 0.323 e. The van der Waals surface area contributed by atoms with Gasteiger partial charge in [-0.05, 0) is 42.0 Å². The summed E-state index contributed by atoms with van der Waals surface area (Å²) in [6, 6.07) is 12.5. The van der Waals surface area contributed by atoms with Crippen molar-refractivity contribution in [2.45, 2.75) is 0 Å². The molecule has 5 nitrogen and oxygen atoms in total. The van der Waals surface area contributed by atoms with Gasteiger partial charge in [-0.1, -0.05) is 23.7 Å². The zero-order chi connectivity index (χ0) is 15.4.